The Hall–Kier alpha value is -3.92. The van der Waals surface area contributed by atoms with E-state index in [-0.39, 0.29) is 12.2 Å². The third-order valence-corrected chi connectivity index (χ3v) is 6.74. The Balaban J connectivity index is 1.33. The van der Waals surface area contributed by atoms with Gasteiger partial charge in [-0.15, -0.1) is 0 Å². The van der Waals surface area contributed by atoms with E-state index >= 15 is 0 Å². The zero-order valence-corrected chi connectivity index (χ0v) is 21.5. The summed E-state index contributed by atoms with van der Waals surface area (Å²) in [6, 6.07) is 25.5. The van der Waals surface area contributed by atoms with Crippen molar-refractivity contribution in [3.63, 3.8) is 0 Å². The molecule has 4 aromatic rings. The molecular weight excluding hydrogens is 504 g/mol. The highest BCUT2D eigenvalue weighted by Crippen LogP contribution is 2.21. The van der Waals surface area contributed by atoms with Gasteiger partial charge >= 0.3 is 5.56 Å². The highest BCUT2D eigenvalue weighted by Gasteiger charge is 2.27. The largest absolute Gasteiger partial charge is 0.855 e. The van der Waals surface area contributed by atoms with Crippen molar-refractivity contribution in [1.29, 1.82) is 0 Å². The fourth-order valence-electron chi connectivity index (χ4n) is 4.63. The summed E-state index contributed by atoms with van der Waals surface area (Å²) in [6.45, 7) is 3.59. The predicted molar refractivity (Wildman–Crippen MR) is 145 cm³/mol. The monoisotopic (exact) mass is 532 g/mol. The molecule has 0 spiro atoms. The number of aromatic amines is 1. The maximum absolute atomic E-state index is 13.3. The normalized spacial score (nSPS) is 15.5. The number of aromatic nitrogens is 3. The summed E-state index contributed by atoms with van der Waals surface area (Å²) in [5, 5.41) is 27.8. The van der Waals surface area contributed by atoms with Crippen LogP contribution < -0.4 is 20.2 Å². The van der Waals surface area contributed by atoms with E-state index in [4.69, 9.17) is 11.6 Å². The second-order valence-electron chi connectivity index (χ2n) is 9.21. The summed E-state index contributed by atoms with van der Waals surface area (Å²) < 4.78 is 2.70. The number of rotatable bonds is 8. The zero-order valence-electron chi connectivity index (χ0n) is 20.8. The summed E-state index contributed by atoms with van der Waals surface area (Å²) in [5.41, 5.74) is 1.45. The minimum Gasteiger partial charge on any atom is -0.855 e. The molecule has 196 valence electrons. The molecule has 1 aliphatic heterocycles. The smallest absolute Gasteiger partial charge is 0.406 e. The Morgan fingerprint density at radius 3 is 2.32 bits per heavy atom. The number of β-amino-alcohol motifs (C(OH)–C–C–N with tert-alkyl or cyclic N) is 1. The first-order valence-corrected chi connectivity index (χ1v) is 12.9. The molecule has 0 radical (unpaired) electrons. The summed E-state index contributed by atoms with van der Waals surface area (Å²) >= 11 is 6.14. The van der Waals surface area contributed by atoms with Gasteiger partial charge in [0.05, 0.1) is 5.69 Å². The first-order chi connectivity index (χ1) is 18.5. The van der Waals surface area contributed by atoms with Crippen molar-refractivity contribution >= 4 is 28.9 Å². The Morgan fingerprint density at radius 2 is 1.63 bits per heavy atom. The number of halogens is 1. The molecule has 3 aromatic carbocycles. The molecule has 38 heavy (non-hydrogen) atoms. The molecule has 1 unspecified atom stereocenters. The molecule has 0 saturated carbocycles. The lowest BCUT2D eigenvalue weighted by Crippen LogP contribution is -2.54. The first kappa shape index (κ1) is 25.7. The number of piperazine rings is 1. The Bertz CT molecular complexity index is 1450. The molecule has 1 saturated heterocycles. The maximum atomic E-state index is 13.3. The second kappa shape index (κ2) is 11.6. The van der Waals surface area contributed by atoms with Gasteiger partial charge in [-0.05, 0) is 42.5 Å². The van der Waals surface area contributed by atoms with Crippen LogP contribution in [0.1, 0.15) is 5.69 Å². The highest BCUT2D eigenvalue weighted by atomic mass is 35.5. The minimum absolute atomic E-state index is 0.0367. The number of nitrogens with zero attached hydrogens (tertiary/aromatic N) is 5. The highest BCUT2D eigenvalue weighted by molar-refractivity contribution is 6.30. The van der Waals surface area contributed by atoms with Crippen molar-refractivity contribution in [2.75, 3.05) is 37.6 Å². The van der Waals surface area contributed by atoms with Crippen molar-refractivity contribution in [3.8, 4) is 5.69 Å². The number of aliphatic imine (C=N–C) groups is 1. The minimum atomic E-state index is -0.816. The molecule has 0 bridgehead atoms. The lowest BCUT2D eigenvalue weighted by atomic mass is 10.2. The van der Waals surface area contributed by atoms with Crippen LogP contribution in [0.15, 0.2) is 94.7 Å². The van der Waals surface area contributed by atoms with Gasteiger partial charge in [-0.3, -0.25) is 9.89 Å². The molecule has 0 aliphatic carbocycles. The Morgan fingerprint density at radius 1 is 0.974 bits per heavy atom. The molecule has 1 aromatic heterocycles. The molecular formula is C28H29ClN6O3. The van der Waals surface area contributed by atoms with Crippen LogP contribution in [0.2, 0.25) is 5.02 Å². The van der Waals surface area contributed by atoms with Crippen molar-refractivity contribution in [2.45, 2.75) is 12.6 Å². The molecule has 2 heterocycles. The van der Waals surface area contributed by atoms with Crippen LogP contribution in [0.3, 0.4) is 0 Å². The van der Waals surface area contributed by atoms with Gasteiger partial charge < -0.3 is 15.1 Å². The van der Waals surface area contributed by atoms with Gasteiger partial charge in [0.2, 0.25) is 5.69 Å². The van der Waals surface area contributed by atoms with E-state index in [1.54, 1.807) is 48.5 Å². The third kappa shape index (κ3) is 5.96. The van der Waals surface area contributed by atoms with Crippen LogP contribution in [0.5, 0.6) is 0 Å². The number of hydrogen-bond acceptors (Lipinski definition) is 6. The number of H-pyrrole nitrogens is 1. The summed E-state index contributed by atoms with van der Waals surface area (Å²) in [4.78, 5) is 21.9. The average Bonchev–Trinajstić information content (AvgIpc) is 3.25. The van der Waals surface area contributed by atoms with Gasteiger partial charge in [0.25, 0.3) is 0 Å². The number of nitrogens with one attached hydrogen (secondary N) is 1. The van der Waals surface area contributed by atoms with Crippen molar-refractivity contribution in [1.82, 2.24) is 14.8 Å². The van der Waals surface area contributed by atoms with Crippen molar-refractivity contribution in [3.05, 3.63) is 106 Å². The number of anilines is 1. The van der Waals surface area contributed by atoms with Gasteiger partial charge in [-0.25, -0.2) is 4.79 Å². The SMILES string of the molecule is O=c1c(C([O-])=Nc2ccccc2)[n+](CC(O)CN2CCN(c3cccc(Cl)c3)CC2)[nH]n1-c1ccccc1. The van der Waals surface area contributed by atoms with E-state index in [2.05, 4.69) is 20.0 Å². The van der Waals surface area contributed by atoms with E-state index in [0.717, 1.165) is 31.9 Å². The number of aliphatic hydroxyl groups excluding tert-OH is 1. The van der Waals surface area contributed by atoms with Gasteiger partial charge in [0, 0.05) is 49.3 Å². The lowest BCUT2D eigenvalue weighted by Gasteiger charge is -2.36. The molecule has 1 aliphatic rings. The Labute approximate surface area is 225 Å². The van der Waals surface area contributed by atoms with Crippen LogP contribution in [-0.2, 0) is 6.54 Å². The zero-order chi connectivity index (χ0) is 26.5. The van der Waals surface area contributed by atoms with E-state index in [1.165, 1.54) is 9.36 Å². The van der Waals surface area contributed by atoms with Crippen molar-refractivity contribution < 1.29 is 14.9 Å². The topological polar surface area (TPSA) is 104 Å². The third-order valence-electron chi connectivity index (χ3n) is 6.51. The van der Waals surface area contributed by atoms with E-state index in [0.29, 0.717) is 22.9 Å². The predicted octanol–water partition coefficient (Wildman–Crippen LogP) is 1.73. The van der Waals surface area contributed by atoms with Crippen LogP contribution >= 0.6 is 11.6 Å². The first-order valence-electron chi connectivity index (χ1n) is 12.5. The molecule has 1 atom stereocenters. The second-order valence-corrected chi connectivity index (χ2v) is 9.65. The molecule has 1 fully saturated rings. The summed E-state index contributed by atoms with van der Waals surface area (Å²) in [6.07, 6.45) is -0.816. The van der Waals surface area contributed by atoms with Crippen LogP contribution in [0, 0.1) is 0 Å². The molecule has 5 rings (SSSR count). The fraction of sp³-hybridized carbons (Fsp3) is 0.250. The van der Waals surface area contributed by atoms with Gasteiger partial charge in [0.15, 0.2) is 5.69 Å². The number of hydrogen-bond donors (Lipinski definition) is 2. The van der Waals surface area contributed by atoms with Gasteiger partial charge in [0.1, 0.15) is 12.6 Å². The summed E-state index contributed by atoms with van der Waals surface area (Å²) in [5.74, 6) is -0.672. The maximum Gasteiger partial charge on any atom is 0.406 e. The van der Waals surface area contributed by atoms with E-state index in [1.807, 2.05) is 36.4 Å². The summed E-state index contributed by atoms with van der Waals surface area (Å²) in [7, 11) is 0. The van der Waals surface area contributed by atoms with Crippen molar-refractivity contribution in [2.24, 2.45) is 4.99 Å². The average molecular weight is 533 g/mol. The standard InChI is InChI=1S/C28H29ClN6O3/c29-21-8-7-13-24(18-21)33-16-14-32(15-17-33)19-25(36)20-34-26(27(37)30-22-9-3-1-4-10-22)28(38)35(31-34)23-11-5-2-6-12-23/h1-13,18,25,36H,14-17,19-20H2,(H-,30,31,37,38). The quantitative estimate of drug-likeness (QED) is 0.204. The van der Waals surface area contributed by atoms with E-state index < -0.39 is 17.6 Å². The fourth-order valence-corrected chi connectivity index (χ4v) is 4.81. The number of aliphatic hydroxyl groups is 1. The van der Waals surface area contributed by atoms with Crippen LogP contribution in [0.25, 0.3) is 5.69 Å². The lowest BCUT2D eigenvalue weighted by molar-refractivity contribution is -0.762. The Kier molecular flexibility index (Phi) is 7.88. The van der Waals surface area contributed by atoms with E-state index in [9.17, 15) is 15.0 Å². The molecule has 9 nitrogen and oxygen atoms in total. The van der Waals surface area contributed by atoms with Crippen LogP contribution in [0.4, 0.5) is 11.4 Å². The molecule has 0 amide bonds. The van der Waals surface area contributed by atoms with Gasteiger partial charge in [-0.2, -0.15) is 4.68 Å². The molecule has 10 heteroatoms. The van der Waals surface area contributed by atoms with Gasteiger partial charge in [-0.1, -0.05) is 64.0 Å². The number of para-hydroxylation sites is 2. The van der Waals surface area contributed by atoms with Crippen LogP contribution in [-0.4, -0.2) is 64.6 Å². The molecule has 2 N–H and O–H groups in total. The number of benzene rings is 3.